The number of hydrogen-bond donors (Lipinski definition) is 1. The van der Waals surface area contributed by atoms with E-state index in [0.29, 0.717) is 13.1 Å². The molecule has 0 amide bonds. The van der Waals surface area contributed by atoms with Crippen LogP contribution in [0.15, 0.2) is 36.4 Å². The number of nitrogens with one attached hydrogen (secondary N) is 1. The predicted molar refractivity (Wildman–Crippen MR) is 81.5 cm³/mol. The van der Waals surface area contributed by atoms with Crippen molar-refractivity contribution in [3.8, 4) is 11.5 Å². The van der Waals surface area contributed by atoms with Crippen LogP contribution in [0.25, 0.3) is 0 Å². The lowest BCUT2D eigenvalue weighted by Crippen LogP contribution is -2.14. The molecule has 0 unspecified atom stereocenters. The summed E-state index contributed by atoms with van der Waals surface area (Å²) in [6.45, 7) is 1.06. The predicted octanol–water partition coefficient (Wildman–Crippen LogP) is 3.79. The highest BCUT2D eigenvalue weighted by molar-refractivity contribution is 6.31. The third kappa shape index (κ3) is 3.86. The molecule has 0 bridgehead atoms. The largest absolute Gasteiger partial charge is 0.497 e. The maximum Gasteiger partial charge on any atom is 0.142 e. The highest BCUT2D eigenvalue weighted by Crippen LogP contribution is 2.25. The molecule has 2 aromatic carbocycles. The van der Waals surface area contributed by atoms with Gasteiger partial charge >= 0.3 is 0 Å². The van der Waals surface area contributed by atoms with Gasteiger partial charge in [0.25, 0.3) is 0 Å². The second kappa shape index (κ2) is 7.29. The standard InChI is InChI=1S/C16H17ClFNO2/c1-20-13-7-6-11(15(8-13)21-2)9-19-10-12-4-3-5-14(18)16(12)17/h3-8,19H,9-10H2,1-2H3. The van der Waals surface area contributed by atoms with E-state index in [1.807, 2.05) is 18.2 Å². The van der Waals surface area contributed by atoms with Crippen LogP contribution in [0, 0.1) is 5.82 Å². The van der Waals surface area contributed by atoms with Crippen LogP contribution in [0.5, 0.6) is 11.5 Å². The van der Waals surface area contributed by atoms with E-state index in [4.69, 9.17) is 21.1 Å². The number of methoxy groups -OCH3 is 2. The van der Waals surface area contributed by atoms with Crippen LogP contribution in [0.1, 0.15) is 11.1 Å². The van der Waals surface area contributed by atoms with Gasteiger partial charge in [0.15, 0.2) is 0 Å². The number of benzene rings is 2. The molecule has 2 rings (SSSR count). The molecule has 112 valence electrons. The molecule has 0 fully saturated rings. The minimum absolute atomic E-state index is 0.159. The fraction of sp³-hybridized carbons (Fsp3) is 0.250. The van der Waals surface area contributed by atoms with Crippen molar-refractivity contribution in [2.24, 2.45) is 0 Å². The summed E-state index contributed by atoms with van der Waals surface area (Å²) < 4.78 is 23.8. The molecule has 21 heavy (non-hydrogen) atoms. The van der Waals surface area contributed by atoms with E-state index < -0.39 is 5.82 Å². The third-order valence-electron chi connectivity index (χ3n) is 3.16. The van der Waals surface area contributed by atoms with Crippen LogP contribution in [-0.2, 0) is 13.1 Å². The van der Waals surface area contributed by atoms with E-state index >= 15 is 0 Å². The fourth-order valence-corrected chi connectivity index (χ4v) is 2.21. The van der Waals surface area contributed by atoms with Crippen molar-refractivity contribution < 1.29 is 13.9 Å². The van der Waals surface area contributed by atoms with Gasteiger partial charge in [-0.25, -0.2) is 4.39 Å². The number of ether oxygens (including phenoxy) is 2. The zero-order chi connectivity index (χ0) is 15.2. The Morgan fingerprint density at radius 2 is 1.81 bits per heavy atom. The van der Waals surface area contributed by atoms with Crippen molar-refractivity contribution in [3.63, 3.8) is 0 Å². The summed E-state index contributed by atoms with van der Waals surface area (Å²) in [6.07, 6.45) is 0. The molecule has 0 saturated heterocycles. The van der Waals surface area contributed by atoms with Crippen molar-refractivity contribution in [1.29, 1.82) is 0 Å². The summed E-state index contributed by atoms with van der Waals surface area (Å²) in [5.74, 6) is 1.08. The molecule has 0 aliphatic carbocycles. The Morgan fingerprint density at radius 3 is 2.52 bits per heavy atom. The highest BCUT2D eigenvalue weighted by Gasteiger charge is 2.07. The Kier molecular flexibility index (Phi) is 5.42. The average molecular weight is 310 g/mol. The molecule has 0 heterocycles. The molecule has 3 nitrogen and oxygen atoms in total. The van der Waals surface area contributed by atoms with Gasteiger partial charge in [-0.05, 0) is 17.7 Å². The van der Waals surface area contributed by atoms with E-state index in [-0.39, 0.29) is 5.02 Å². The van der Waals surface area contributed by atoms with Gasteiger partial charge in [0.2, 0.25) is 0 Å². The Labute approximate surface area is 128 Å². The van der Waals surface area contributed by atoms with Crippen LogP contribution in [-0.4, -0.2) is 14.2 Å². The summed E-state index contributed by atoms with van der Waals surface area (Å²) in [4.78, 5) is 0. The zero-order valence-electron chi connectivity index (χ0n) is 12.0. The average Bonchev–Trinajstić information content (AvgIpc) is 2.51. The molecule has 0 saturated carbocycles. The van der Waals surface area contributed by atoms with Crippen LogP contribution in [0.4, 0.5) is 4.39 Å². The lowest BCUT2D eigenvalue weighted by atomic mass is 10.1. The second-order valence-electron chi connectivity index (χ2n) is 4.49. The quantitative estimate of drug-likeness (QED) is 0.880. The van der Waals surface area contributed by atoms with Gasteiger partial charge in [-0.3, -0.25) is 0 Å². The lowest BCUT2D eigenvalue weighted by Gasteiger charge is -2.12. The van der Waals surface area contributed by atoms with Crippen molar-refractivity contribution >= 4 is 11.6 Å². The molecule has 2 aromatic rings. The Hall–Kier alpha value is -1.78. The third-order valence-corrected chi connectivity index (χ3v) is 3.58. The molecule has 0 aliphatic rings. The molecule has 0 aromatic heterocycles. The molecule has 0 spiro atoms. The summed E-state index contributed by atoms with van der Waals surface area (Å²) in [7, 11) is 3.22. The van der Waals surface area contributed by atoms with Gasteiger partial charge in [-0.15, -0.1) is 0 Å². The summed E-state index contributed by atoms with van der Waals surface area (Å²) in [6, 6.07) is 10.4. The van der Waals surface area contributed by atoms with E-state index in [2.05, 4.69) is 5.32 Å². The van der Waals surface area contributed by atoms with Crippen molar-refractivity contribution in [3.05, 3.63) is 58.4 Å². The number of rotatable bonds is 6. The van der Waals surface area contributed by atoms with Gasteiger partial charge in [0, 0.05) is 24.7 Å². The van der Waals surface area contributed by atoms with Gasteiger partial charge in [-0.2, -0.15) is 0 Å². The summed E-state index contributed by atoms with van der Waals surface area (Å²) >= 11 is 5.92. The van der Waals surface area contributed by atoms with Gasteiger partial charge in [-0.1, -0.05) is 29.8 Å². The normalized spacial score (nSPS) is 10.5. The summed E-state index contributed by atoms with van der Waals surface area (Å²) in [5, 5.41) is 3.39. The van der Waals surface area contributed by atoms with Crippen molar-refractivity contribution in [2.75, 3.05) is 14.2 Å². The maximum atomic E-state index is 13.3. The minimum Gasteiger partial charge on any atom is -0.497 e. The number of hydrogen-bond acceptors (Lipinski definition) is 3. The van der Waals surface area contributed by atoms with Crippen molar-refractivity contribution in [1.82, 2.24) is 5.32 Å². The monoisotopic (exact) mass is 309 g/mol. The Bertz CT molecular complexity index is 619. The highest BCUT2D eigenvalue weighted by atomic mass is 35.5. The first-order chi connectivity index (χ1) is 10.2. The SMILES string of the molecule is COc1ccc(CNCc2cccc(F)c2Cl)c(OC)c1. The molecular formula is C16H17ClFNO2. The molecular weight excluding hydrogens is 293 g/mol. The van der Waals surface area contributed by atoms with Gasteiger partial charge in [0.05, 0.1) is 19.2 Å². The smallest absolute Gasteiger partial charge is 0.142 e. The first kappa shape index (κ1) is 15.6. The van der Waals surface area contributed by atoms with Crippen LogP contribution in [0.2, 0.25) is 5.02 Å². The molecule has 0 aliphatic heterocycles. The number of halogens is 2. The topological polar surface area (TPSA) is 30.5 Å². The fourth-order valence-electron chi connectivity index (χ4n) is 2.01. The maximum absolute atomic E-state index is 13.3. The van der Waals surface area contributed by atoms with Crippen LogP contribution < -0.4 is 14.8 Å². The first-order valence-corrected chi connectivity index (χ1v) is 6.88. The lowest BCUT2D eigenvalue weighted by molar-refractivity contribution is 0.390. The zero-order valence-corrected chi connectivity index (χ0v) is 12.7. The van der Waals surface area contributed by atoms with Gasteiger partial charge < -0.3 is 14.8 Å². The van der Waals surface area contributed by atoms with Gasteiger partial charge in [0.1, 0.15) is 17.3 Å². The van der Waals surface area contributed by atoms with Crippen molar-refractivity contribution in [2.45, 2.75) is 13.1 Å². The van der Waals surface area contributed by atoms with Crippen LogP contribution in [0.3, 0.4) is 0 Å². The summed E-state index contributed by atoms with van der Waals surface area (Å²) in [5.41, 5.74) is 1.72. The Morgan fingerprint density at radius 1 is 1.05 bits per heavy atom. The van der Waals surface area contributed by atoms with E-state index in [1.165, 1.54) is 6.07 Å². The first-order valence-electron chi connectivity index (χ1n) is 6.50. The van der Waals surface area contributed by atoms with E-state index in [1.54, 1.807) is 26.4 Å². The van der Waals surface area contributed by atoms with E-state index in [9.17, 15) is 4.39 Å². The molecule has 1 N–H and O–H groups in total. The molecule has 0 atom stereocenters. The minimum atomic E-state index is -0.405. The van der Waals surface area contributed by atoms with Crippen LogP contribution >= 0.6 is 11.6 Å². The Balaban J connectivity index is 2.02. The molecule has 5 heteroatoms. The second-order valence-corrected chi connectivity index (χ2v) is 4.87. The molecule has 0 radical (unpaired) electrons. The van der Waals surface area contributed by atoms with E-state index in [0.717, 1.165) is 22.6 Å².